The second kappa shape index (κ2) is 5.34. The summed E-state index contributed by atoms with van der Waals surface area (Å²) >= 11 is 0. The Morgan fingerprint density at radius 3 is 2.67 bits per heavy atom. The van der Waals surface area contributed by atoms with Gasteiger partial charge in [0.1, 0.15) is 5.82 Å². The highest BCUT2D eigenvalue weighted by Crippen LogP contribution is 2.25. The van der Waals surface area contributed by atoms with Gasteiger partial charge in [0.05, 0.1) is 4.90 Å². The molecule has 0 amide bonds. The number of rotatable bonds is 5. The topological polar surface area (TPSA) is 72.2 Å². The zero-order valence-electron chi connectivity index (χ0n) is 10.0. The van der Waals surface area contributed by atoms with Gasteiger partial charge in [-0.1, -0.05) is 6.42 Å². The maximum Gasteiger partial charge on any atom is 0.240 e. The van der Waals surface area contributed by atoms with E-state index in [4.69, 9.17) is 5.73 Å². The van der Waals surface area contributed by atoms with Crippen molar-refractivity contribution in [3.8, 4) is 0 Å². The van der Waals surface area contributed by atoms with Gasteiger partial charge in [0.25, 0.3) is 0 Å². The van der Waals surface area contributed by atoms with Gasteiger partial charge in [-0.2, -0.15) is 0 Å². The largest absolute Gasteiger partial charge is 0.326 e. The Hall–Kier alpha value is -0.980. The van der Waals surface area contributed by atoms with E-state index in [0.29, 0.717) is 12.5 Å². The first-order chi connectivity index (χ1) is 8.53. The molecule has 0 aliphatic heterocycles. The molecule has 0 saturated heterocycles. The lowest BCUT2D eigenvalue weighted by Crippen LogP contribution is -2.32. The van der Waals surface area contributed by atoms with Gasteiger partial charge in [-0.3, -0.25) is 0 Å². The Morgan fingerprint density at radius 1 is 1.39 bits per heavy atom. The van der Waals surface area contributed by atoms with Crippen LogP contribution in [0.4, 0.5) is 4.39 Å². The number of sulfonamides is 1. The van der Waals surface area contributed by atoms with Gasteiger partial charge in [0, 0.05) is 18.7 Å². The van der Waals surface area contributed by atoms with Crippen LogP contribution >= 0.6 is 0 Å². The Bertz CT molecular complexity index is 527. The van der Waals surface area contributed by atoms with E-state index in [1.807, 2.05) is 0 Å². The summed E-state index contributed by atoms with van der Waals surface area (Å²) in [5.41, 5.74) is 5.57. The summed E-state index contributed by atoms with van der Waals surface area (Å²) < 4.78 is 39.8. The molecule has 0 aromatic heterocycles. The number of halogens is 1. The van der Waals surface area contributed by atoms with Crippen molar-refractivity contribution >= 4 is 10.0 Å². The highest BCUT2D eigenvalue weighted by molar-refractivity contribution is 7.89. The average molecular weight is 272 g/mol. The average Bonchev–Trinajstić information content (AvgIpc) is 2.27. The predicted molar refractivity (Wildman–Crippen MR) is 66.8 cm³/mol. The Kier molecular flexibility index (Phi) is 3.99. The lowest BCUT2D eigenvalue weighted by molar-refractivity contribution is 0.316. The van der Waals surface area contributed by atoms with E-state index in [9.17, 15) is 12.8 Å². The minimum absolute atomic E-state index is 0.0161. The molecule has 3 N–H and O–H groups in total. The van der Waals surface area contributed by atoms with Gasteiger partial charge in [0.2, 0.25) is 10.0 Å². The summed E-state index contributed by atoms with van der Waals surface area (Å²) in [4.78, 5) is 0.0728. The molecule has 0 spiro atoms. The molecule has 0 atom stereocenters. The highest BCUT2D eigenvalue weighted by Gasteiger charge is 2.21. The van der Waals surface area contributed by atoms with Crippen molar-refractivity contribution in [3.63, 3.8) is 0 Å². The fraction of sp³-hybridized carbons (Fsp3) is 0.500. The number of nitrogens with one attached hydrogen (secondary N) is 1. The van der Waals surface area contributed by atoms with Crippen LogP contribution < -0.4 is 10.5 Å². The van der Waals surface area contributed by atoms with E-state index in [1.165, 1.54) is 18.6 Å². The second-order valence-corrected chi connectivity index (χ2v) is 6.37. The summed E-state index contributed by atoms with van der Waals surface area (Å²) in [6, 6.07) is 3.69. The van der Waals surface area contributed by atoms with Gasteiger partial charge in [0.15, 0.2) is 0 Å². The van der Waals surface area contributed by atoms with Crippen molar-refractivity contribution in [2.24, 2.45) is 11.7 Å². The molecular formula is C12H17FN2O2S. The molecule has 0 radical (unpaired) electrons. The molecule has 0 unspecified atom stereocenters. The summed E-state index contributed by atoms with van der Waals surface area (Å²) in [7, 11) is -3.55. The number of nitrogens with two attached hydrogens (primary N) is 1. The minimum atomic E-state index is -3.55. The third-order valence-electron chi connectivity index (χ3n) is 3.33. The zero-order chi connectivity index (χ0) is 13.2. The fourth-order valence-corrected chi connectivity index (χ4v) is 3.05. The first-order valence-electron chi connectivity index (χ1n) is 6.01. The van der Waals surface area contributed by atoms with Crippen LogP contribution in [0.1, 0.15) is 24.8 Å². The maximum absolute atomic E-state index is 13.2. The minimum Gasteiger partial charge on any atom is -0.326 e. The molecule has 0 bridgehead atoms. The van der Waals surface area contributed by atoms with Gasteiger partial charge < -0.3 is 5.73 Å². The van der Waals surface area contributed by atoms with Gasteiger partial charge in [-0.25, -0.2) is 17.5 Å². The summed E-state index contributed by atoms with van der Waals surface area (Å²) in [6.45, 7) is 0.440. The molecular weight excluding hydrogens is 255 g/mol. The molecule has 1 aliphatic carbocycles. The molecule has 100 valence electrons. The third-order valence-corrected chi connectivity index (χ3v) is 4.76. The van der Waals surface area contributed by atoms with Crippen molar-refractivity contribution in [2.45, 2.75) is 30.7 Å². The molecule has 1 aromatic carbocycles. The van der Waals surface area contributed by atoms with Crippen LogP contribution in [-0.4, -0.2) is 15.0 Å². The van der Waals surface area contributed by atoms with Crippen molar-refractivity contribution < 1.29 is 12.8 Å². The van der Waals surface area contributed by atoms with E-state index in [1.54, 1.807) is 0 Å². The second-order valence-electron chi connectivity index (χ2n) is 4.61. The maximum atomic E-state index is 13.2. The van der Waals surface area contributed by atoms with Crippen molar-refractivity contribution in [1.29, 1.82) is 0 Å². The molecule has 0 heterocycles. The van der Waals surface area contributed by atoms with Crippen molar-refractivity contribution in [2.75, 3.05) is 6.54 Å². The molecule has 18 heavy (non-hydrogen) atoms. The predicted octanol–water partition coefficient (Wildman–Crippen LogP) is 1.36. The van der Waals surface area contributed by atoms with E-state index in [2.05, 4.69) is 4.72 Å². The lowest BCUT2D eigenvalue weighted by atomic mass is 9.86. The first-order valence-corrected chi connectivity index (χ1v) is 7.49. The van der Waals surface area contributed by atoms with Gasteiger partial charge in [-0.15, -0.1) is 0 Å². The van der Waals surface area contributed by atoms with Crippen molar-refractivity contribution in [3.05, 3.63) is 29.6 Å². The van der Waals surface area contributed by atoms with Crippen LogP contribution in [-0.2, 0) is 16.6 Å². The van der Waals surface area contributed by atoms with Crippen LogP contribution in [0.3, 0.4) is 0 Å². The molecule has 1 aliphatic rings. The smallest absolute Gasteiger partial charge is 0.240 e. The van der Waals surface area contributed by atoms with E-state index in [-0.39, 0.29) is 17.0 Å². The number of hydrogen-bond acceptors (Lipinski definition) is 3. The molecule has 1 fully saturated rings. The fourth-order valence-electron chi connectivity index (χ4n) is 1.88. The van der Waals surface area contributed by atoms with E-state index >= 15 is 0 Å². The first kappa shape index (κ1) is 13.5. The lowest BCUT2D eigenvalue weighted by Gasteiger charge is -2.25. The number of hydrogen-bond donors (Lipinski definition) is 2. The molecule has 4 nitrogen and oxygen atoms in total. The monoisotopic (exact) mass is 272 g/mol. The standard InChI is InChI=1S/C12H17FN2O2S/c13-12-5-4-11(6-10(12)7-14)18(16,17)15-8-9-2-1-3-9/h4-6,9,15H,1-3,7-8,14H2. The molecule has 1 aromatic rings. The summed E-state index contributed by atoms with van der Waals surface area (Å²) in [5.74, 6) is -0.0374. The zero-order valence-corrected chi connectivity index (χ0v) is 10.8. The Morgan fingerprint density at radius 2 is 2.11 bits per heavy atom. The Labute approximate surface area is 106 Å². The van der Waals surface area contributed by atoms with Crippen LogP contribution in [0, 0.1) is 11.7 Å². The summed E-state index contributed by atoms with van der Waals surface area (Å²) in [5, 5.41) is 0. The Balaban J connectivity index is 2.12. The highest BCUT2D eigenvalue weighted by atomic mass is 32.2. The molecule has 2 rings (SSSR count). The van der Waals surface area contributed by atoms with Crippen molar-refractivity contribution in [1.82, 2.24) is 4.72 Å². The van der Waals surface area contributed by atoms with Crippen LogP contribution in [0.15, 0.2) is 23.1 Å². The quantitative estimate of drug-likeness (QED) is 0.850. The normalized spacial score (nSPS) is 16.6. The third kappa shape index (κ3) is 2.88. The SMILES string of the molecule is NCc1cc(S(=O)(=O)NCC2CCC2)ccc1F. The van der Waals surface area contributed by atoms with Gasteiger partial charge >= 0.3 is 0 Å². The van der Waals surface area contributed by atoms with Crippen LogP contribution in [0.5, 0.6) is 0 Å². The summed E-state index contributed by atoms with van der Waals surface area (Å²) in [6.07, 6.45) is 3.31. The van der Waals surface area contributed by atoms with Crippen LogP contribution in [0.25, 0.3) is 0 Å². The molecule has 6 heteroatoms. The van der Waals surface area contributed by atoms with Crippen LogP contribution in [0.2, 0.25) is 0 Å². The number of benzene rings is 1. The van der Waals surface area contributed by atoms with Gasteiger partial charge in [-0.05, 0) is 37.0 Å². The van der Waals surface area contributed by atoms with E-state index in [0.717, 1.165) is 18.9 Å². The molecule has 1 saturated carbocycles. The van der Waals surface area contributed by atoms with E-state index < -0.39 is 15.8 Å².